The van der Waals surface area contributed by atoms with Gasteiger partial charge in [0.15, 0.2) is 0 Å². The van der Waals surface area contributed by atoms with Crippen LogP contribution in [-0.4, -0.2) is 43.5 Å². The molecule has 1 N–H and O–H groups in total. The molecule has 7 heteroatoms. The van der Waals surface area contributed by atoms with Gasteiger partial charge < -0.3 is 14.6 Å². The molecular weight excluding hydrogens is 405 g/mol. The first-order chi connectivity index (χ1) is 14.6. The number of halogens is 2. The third kappa shape index (κ3) is 4.83. The Morgan fingerprint density at radius 3 is 2.50 bits per heavy atom. The Bertz CT molecular complexity index is 970. The van der Waals surface area contributed by atoms with Crippen LogP contribution in [0, 0.1) is 5.82 Å². The second kappa shape index (κ2) is 9.32. The number of furan rings is 1. The molecule has 1 saturated heterocycles. The van der Waals surface area contributed by atoms with Crippen LogP contribution in [0.15, 0.2) is 71.3 Å². The summed E-state index contributed by atoms with van der Waals surface area (Å²) in [6.07, 6.45) is 1.65. The molecule has 0 saturated carbocycles. The first-order valence-electron chi connectivity index (χ1n) is 9.92. The Balaban J connectivity index is 1.41. The van der Waals surface area contributed by atoms with E-state index in [1.165, 1.54) is 12.1 Å². The molecule has 5 nitrogen and oxygen atoms in total. The molecule has 1 aliphatic rings. The second-order valence-corrected chi connectivity index (χ2v) is 7.69. The molecule has 156 valence electrons. The monoisotopic (exact) mass is 427 g/mol. The Morgan fingerprint density at radius 1 is 1.07 bits per heavy atom. The average molecular weight is 428 g/mol. The lowest BCUT2D eigenvalue weighted by Crippen LogP contribution is -2.49. The maximum Gasteiger partial charge on any atom is 0.251 e. The number of anilines is 1. The fourth-order valence-electron chi connectivity index (χ4n) is 3.76. The van der Waals surface area contributed by atoms with Gasteiger partial charge in [0.1, 0.15) is 11.6 Å². The quantitative estimate of drug-likeness (QED) is 0.634. The molecule has 2 heterocycles. The second-order valence-electron chi connectivity index (χ2n) is 7.25. The topological polar surface area (TPSA) is 48.7 Å². The summed E-state index contributed by atoms with van der Waals surface area (Å²) in [6.45, 7) is 3.65. The molecule has 2 aromatic carbocycles. The van der Waals surface area contributed by atoms with E-state index in [0.717, 1.165) is 37.6 Å². The van der Waals surface area contributed by atoms with Crippen molar-refractivity contribution < 1.29 is 13.6 Å². The molecule has 0 aliphatic carbocycles. The van der Waals surface area contributed by atoms with Crippen molar-refractivity contribution in [3.63, 3.8) is 0 Å². The zero-order valence-electron chi connectivity index (χ0n) is 16.4. The van der Waals surface area contributed by atoms with E-state index in [9.17, 15) is 9.18 Å². The van der Waals surface area contributed by atoms with Crippen molar-refractivity contribution in [3.05, 3.63) is 89.1 Å². The zero-order chi connectivity index (χ0) is 20.9. The van der Waals surface area contributed by atoms with Gasteiger partial charge in [-0.05, 0) is 54.6 Å². The number of benzene rings is 2. The summed E-state index contributed by atoms with van der Waals surface area (Å²) in [5.74, 6) is 0.418. The molecule has 0 radical (unpaired) electrons. The Kier molecular flexibility index (Phi) is 6.35. The molecule has 30 heavy (non-hydrogen) atoms. The molecule has 1 aliphatic heterocycles. The Labute approximate surface area is 180 Å². The highest BCUT2D eigenvalue weighted by atomic mass is 35.5. The van der Waals surface area contributed by atoms with Gasteiger partial charge in [-0.15, -0.1) is 0 Å². The van der Waals surface area contributed by atoms with Gasteiger partial charge >= 0.3 is 0 Å². The van der Waals surface area contributed by atoms with Crippen molar-refractivity contribution in [3.8, 4) is 0 Å². The van der Waals surface area contributed by atoms with Crippen LogP contribution in [0.2, 0.25) is 5.02 Å². The van der Waals surface area contributed by atoms with Gasteiger partial charge in [-0.3, -0.25) is 9.69 Å². The molecule has 1 unspecified atom stereocenters. The van der Waals surface area contributed by atoms with Crippen molar-refractivity contribution in [2.75, 3.05) is 37.6 Å². The molecule has 1 aromatic heterocycles. The first-order valence-corrected chi connectivity index (χ1v) is 10.3. The minimum Gasteiger partial charge on any atom is -0.468 e. The highest BCUT2D eigenvalue weighted by Crippen LogP contribution is 2.24. The van der Waals surface area contributed by atoms with Gasteiger partial charge in [-0.25, -0.2) is 4.39 Å². The number of carbonyl (C=O) groups excluding carboxylic acids is 1. The Hall–Kier alpha value is -2.83. The predicted molar refractivity (Wildman–Crippen MR) is 115 cm³/mol. The lowest BCUT2D eigenvalue weighted by Gasteiger charge is -2.39. The van der Waals surface area contributed by atoms with Crippen molar-refractivity contribution in [2.24, 2.45) is 0 Å². The van der Waals surface area contributed by atoms with E-state index in [2.05, 4.69) is 15.1 Å². The molecule has 0 bridgehead atoms. The summed E-state index contributed by atoms with van der Waals surface area (Å²) < 4.78 is 18.9. The van der Waals surface area contributed by atoms with Crippen LogP contribution in [-0.2, 0) is 0 Å². The summed E-state index contributed by atoms with van der Waals surface area (Å²) in [6, 6.07) is 17.2. The minimum atomic E-state index is -0.231. The molecule has 4 rings (SSSR count). The number of amides is 1. The van der Waals surface area contributed by atoms with Crippen molar-refractivity contribution in [2.45, 2.75) is 6.04 Å². The van der Waals surface area contributed by atoms with Gasteiger partial charge in [0.05, 0.1) is 12.3 Å². The fraction of sp³-hybridized carbons (Fsp3) is 0.261. The van der Waals surface area contributed by atoms with Crippen LogP contribution in [0.3, 0.4) is 0 Å². The predicted octanol–water partition coefficient (Wildman–Crippen LogP) is 4.37. The van der Waals surface area contributed by atoms with Gasteiger partial charge in [-0.1, -0.05) is 17.7 Å². The lowest BCUT2D eigenvalue weighted by molar-refractivity contribution is 0.0923. The van der Waals surface area contributed by atoms with E-state index < -0.39 is 0 Å². The number of nitrogens with zero attached hydrogens (tertiary/aromatic N) is 2. The lowest BCUT2D eigenvalue weighted by atomic mass is 10.1. The number of hydrogen-bond donors (Lipinski definition) is 1. The van der Waals surface area contributed by atoms with E-state index in [0.29, 0.717) is 17.1 Å². The smallest absolute Gasteiger partial charge is 0.251 e. The van der Waals surface area contributed by atoms with Gasteiger partial charge in [0.2, 0.25) is 0 Å². The summed E-state index contributed by atoms with van der Waals surface area (Å²) in [5.41, 5.74) is 1.54. The summed E-state index contributed by atoms with van der Waals surface area (Å²) >= 11 is 6.00. The van der Waals surface area contributed by atoms with Gasteiger partial charge in [-0.2, -0.15) is 0 Å². The average Bonchev–Trinajstić information content (AvgIpc) is 3.29. The van der Waals surface area contributed by atoms with Crippen LogP contribution in [0.5, 0.6) is 0 Å². The Morgan fingerprint density at radius 2 is 1.83 bits per heavy atom. The van der Waals surface area contributed by atoms with Crippen LogP contribution >= 0.6 is 11.6 Å². The SMILES string of the molecule is O=C(NCC(c1ccco1)N1CCN(c2ccc(F)cc2)CC1)c1cccc(Cl)c1. The molecular formula is C23H23ClFN3O2. The van der Waals surface area contributed by atoms with E-state index >= 15 is 0 Å². The van der Waals surface area contributed by atoms with Crippen LogP contribution in [0.1, 0.15) is 22.2 Å². The van der Waals surface area contributed by atoms with Crippen molar-refractivity contribution >= 4 is 23.2 Å². The van der Waals surface area contributed by atoms with E-state index in [1.54, 1.807) is 42.7 Å². The number of hydrogen-bond acceptors (Lipinski definition) is 4. The summed E-state index contributed by atoms with van der Waals surface area (Å²) in [4.78, 5) is 17.1. The van der Waals surface area contributed by atoms with E-state index in [4.69, 9.17) is 16.0 Å². The molecule has 1 atom stereocenters. The fourth-order valence-corrected chi connectivity index (χ4v) is 3.95. The van der Waals surface area contributed by atoms with Crippen molar-refractivity contribution in [1.29, 1.82) is 0 Å². The molecule has 3 aromatic rings. The maximum absolute atomic E-state index is 13.2. The molecule has 1 fully saturated rings. The van der Waals surface area contributed by atoms with Crippen LogP contribution < -0.4 is 10.2 Å². The third-order valence-electron chi connectivity index (χ3n) is 5.36. The largest absolute Gasteiger partial charge is 0.468 e. The summed E-state index contributed by atoms with van der Waals surface area (Å²) in [5, 5.41) is 3.54. The van der Waals surface area contributed by atoms with E-state index in [-0.39, 0.29) is 17.8 Å². The zero-order valence-corrected chi connectivity index (χ0v) is 17.2. The maximum atomic E-state index is 13.2. The van der Waals surface area contributed by atoms with Gasteiger partial charge in [0, 0.05) is 49.0 Å². The van der Waals surface area contributed by atoms with E-state index in [1.807, 2.05) is 12.1 Å². The standard InChI is InChI=1S/C23H23ClFN3O2/c24-18-4-1-3-17(15-18)23(29)26-16-21(22-5-2-14-30-22)28-12-10-27(11-13-28)20-8-6-19(25)7-9-20/h1-9,14-15,21H,10-13,16H2,(H,26,29). The van der Waals surface area contributed by atoms with Crippen molar-refractivity contribution in [1.82, 2.24) is 10.2 Å². The normalized spacial score (nSPS) is 15.7. The minimum absolute atomic E-state index is 0.0708. The number of nitrogens with one attached hydrogen (secondary N) is 1. The first kappa shape index (κ1) is 20.4. The summed E-state index contributed by atoms with van der Waals surface area (Å²) in [7, 11) is 0. The number of carbonyl (C=O) groups is 1. The van der Waals surface area contributed by atoms with Crippen LogP contribution in [0.25, 0.3) is 0 Å². The highest BCUT2D eigenvalue weighted by Gasteiger charge is 2.27. The van der Waals surface area contributed by atoms with Crippen LogP contribution in [0.4, 0.5) is 10.1 Å². The number of piperazine rings is 1. The third-order valence-corrected chi connectivity index (χ3v) is 5.60. The number of rotatable bonds is 6. The van der Waals surface area contributed by atoms with Gasteiger partial charge in [0.25, 0.3) is 5.91 Å². The molecule has 1 amide bonds. The highest BCUT2D eigenvalue weighted by molar-refractivity contribution is 6.30. The molecule has 0 spiro atoms.